The van der Waals surface area contributed by atoms with Crippen LogP contribution in [0.1, 0.15) is 25.7 Å². The van der Waals surface area contributed by atoms with E-state index in [-0.39, 0.29) is 39.3 Å². The first-order valence-corrected chi connectivity index (χ1v) is 6.40. The lowest BCUT2D eigenvalue weighted by Crippen LogP contribution is -2.03. The molecule has 0 bridgehead atoms. The van der Waals surface area contributed by atoms with Gasteiger partial charge in [-0.3, -0.25) is 9.59 Å². The van der Waals surface area contributed by atoms with E-state index < -0.39 is 11.9 Å². The van der Waals surface area contributed by atoms with Gasteiger partial charge in [0, 0.05) is 12.8 Å². The fourth-order valence-corrected chi connectivity index (χ4v) is 0.784. The van der Waals surface area contributed by atoms with E-state index in [4.69, 9.17) is 30.6 Å². The lowest BCUT2D eigenvalue weighted by molar-refractivity contribution is -0.139. The number of unbranched alkanes of at least 4 members (excludes halogenated alkanes) is 1. The van der Waals surface area contributed by atoms with Gasteiger partial charge in [-0.05, 0) is 12.8 Å². The molecule has 0 spiro atoms. The van der Waals surface area contributed by atoms with Crippen LogP contribution in [-0.4, -0.2) is 82.2 Å². The van der Waals surface area contributed by atoms with Gasteiger partial charge in [0.25, 0.3) is 0 Å². The number of aliphatic carboxylic acids is 2. The molecule has 21 heavy (non-hydrogen) atoms. The Morgan fingerprint density at radius 3 is 1.19 bits per heavy atom. The lowest BCUT2D eigenvalue weighted by Gasteiger charge is -1.94. The van der Waals surface area contributed by atoms with Gasteiger partial charge in [-0.15, -0.1) is 0 Å². The van der Waals surface area contributed by atoms with E-state index in [1.807, 2.05) is 0 Å². The van der Waals surface area contributed by atoms with Crippen molar-refractivity contribution in [1.29, 1.82) is 0 Å². The van der Waals surface area contributed by atoms with Crippen LogP contribution < -0.4 is 0 Å². The molecule has 0 aliphatic carbocycles. The number of carboxylic acids is 2. The number of aliphatic hydroxyl groups excluding tert-OH is 4. The summed E-state index contributed by atoms with van der Waals surface area (Å²) in [4.78, 5) is 19.8. The quantitative estimate of drug-likeness (QED) is 0.268. The second kappa shape index (κ2) is 23.8. The molecule has 9 nitrogen and oxygen atoms in total. The van der Waals surface area contributed by atoms with Gasteiger partial charge in [-0.2, -0.15) is 0 Å². The fraction of sp³-hybridized carbons (Fsp3) is 0.833. The Morgan fingerprint density at radius 2 is 1.00 bits per heavy atom. The Balaban J connectivity index is -0.000000256. The highest BCUT2D eigenvalue weighted by Gasteiger charge is 1.99. The average Bonchev–Trinajstić information content (AvgIpc) is 2.45. The molecule has 0 radical (unpaired) electrons. The minimum Gasteiger partial charge on any atom is -0.481 e. The molecule has 0 atom stereocenters. The van der Waals surface area contributed by atoms with Crippen molar-refractivity contribution in [1.82, 2.24) is 0 Å². The van der Waals surface area contributed by atoms with Crippen LogP contribution in [0.15, 0.2) is 0 Å². The molecular weight excluding hydrogens is 288 g/mol. The Labute approximate surface area is 123 Å². The first-order chi connectivity index (χ1) is 9.95. The Kier molecular flexibility index (Phi) is 28.0. The lowest BCUT2D eigenvalue weighted by atomic mass is 10.2. The monoisotopic (exact) mass is 314 g/mol. The fourth-order valence-electron chi connectivity index (χ4n) is 0.784. The number of hydrogen-bond acceptors (Lipinski definition) is 7. The summed E-state index contributed by atoms with van der Waals surface area (Å²) in [6, 6.07) is 0. The molecule has 0 amide bonds. The molecular formula is C12H26O9. The first-order valence-electron chi connectivity index (χ1n) is 6.40. The Hall–Kier alpha value is -1.26. The van der Waals surface area contributed by atoms with Crippen LogP contribution in [0.25, 0.3) is 0 Å². The summed E-state index contributed by atoms with van der Waals surface area (Å²) in [5.74, 6) is -1.74. The zero-order valence-electron chi connectivity index (χ0n) is 12.0. The van der Waals surface area contributed by atoms with Crippen molar-refractivity contribution in [3.8, 4) is 0 Å². The Bertz CT molecular complexity index is 199. The average molecular weight is 314 g/mol. The molecule has 0 aliphatic rings. The first kappa shape index (κ1) is 24.7. The molecule has 0 aromatic heterocycles. The summed E-state index contributed by atoms with van der Waals surface area (Å²) < 4.78 is 4.63. The second-order valence-corrected chi connectivity index (χ2v) is 3.50. The van der Waals surface area contributed by atoms with Crippen LogP contribution in [-0.2, 0) is 14.3 Å². The summed E-state index contributed by atoms with van der Waals surface area (Å²) in [5, 5.41) is 47.7. The highest BCUT2D eigenvalue weighted by Crippen LogP contribution is 1.98. The summed E-state index contributed by atoms with van der Waals surface area (Å²) in [6.45, 7) is 0.446. The zero-order valence-corrected chi connectivity index (χ0v) is 12.0. The molecule has 0 unspecified atom stereocenters. The van der Waals surface area contributed by atoms with Crippen molar-refractivity contribution in [2.45, 2.75) is 25.7 Å². The van der Waals surface area contributed by atoms with Gasteiger partial charge in [0.2, 0.25) is 0 Å². The van der Waals surface area contributed by atoms with Gasteiger partial charge in [0.05, 0.1) is 39.6 Å². The predicted octanol–water partition coefficient (Wildman–Crippen LogP) is -1.33. The highest BCUT2D eigenvalue weighted by molar-refractivity contribution is 5.67. The molecule has 9 heteroatoms. The minimum atomic E-state index is -0.870. The van der Waals surface area contributed by atoms with Crippen molar-refractivity contribution in [3.63, 3.8) is 0 Å². The van der Waals surface area contributed by atoms with Crippen molar-refractivity contribution in [2.75, 3.05) is 39.6 Å². The van der Waals surface area contributed by atoms with Crippen molar-refractivity contribution in [3.05, 3.63) is 0 Å². The molecule has 6 N–H and O–H groups in total. The number of carboxylic acid groups (broad SMARTS) is 2. The zero-order chi connectivity index (χ0) is 16.9. The van der Waals surface area contributed by atoms with Crippen molar-refractivity contribution < 1.29 is 45.0 Å². The van der Waals surface area contributed by atoms with Crippen LogP contribution in [0.5, 0.6) is 0 Å². The molecule has 128 valence electrons. The molecule has 0 aliphatic heterocycles. The third kappa shape index (κ3) is 45.5. The third-order valence-electron chi connectivity index (χ3n) is 1.60. The van der Waals surface area contributed by atoms with Crippen molar-refractivity contribution in [2.24, 2.45) is 0 Å². The molecule has 0 heterocycles. The van der Waals surface area contributed by atoms with E-state index in [0.717, 1.165) is 0 Å². The maximum Gasteiger partial charge on any atom is 0.303 e. The van der Waals surface area contributed by atoms with Gasteiger partial charge in [-0.25, -0.2) is 0 Å². The van der Waals surface area contributed by atoms with Crippen molar-refractivity contribution >= 4 is 11.9 Å². The van der Waals surface area contributed by atoms with E-state index in [1.54, 1.807) is 0 Å². The minimum absolute atomic E-state index is 0.0278. The summed E-state index contributed by atoms with van der Waals surface area (Å²) in [6.07, 6.45) is 1.02. The molecule has 0 aromatic carbocycles. The second-order valence-electron chi connectivity index (χ2n) is 3.50. The number of rotatable bonds is 10. The van der Waals surface area contributed by atoms with Gasteiger partial charge >= 0.3 is 11.9 Å². The van der Waals surface area contributed by atoms with Crippen LogP contribution in [0.4, 0.5) is 0 Å². The van der Waals surface area contributed by atoms with Gasteiger partial charge < -0.3 is 35.4 Å². The summed E-state index contributed by atoms with van der Waals surface area (Å²) >= 11 is 0. The van der Waals surface area contributed by atoms with E-state index in [1.165, 1.54) is 0 Å². The van der Waals surface area contributed by atoms with Gasteiger partial charge in [0.15, 0.2) is 0 Å². The predicted molar refractivity (Wildman–Crippen MR) is 72.9 cm³/mol. The van der Waals surface area contributed by atoms with E-state index in [0.29, 0.717) is 26.1 Å². The van der Waals surface area contributed by atoms with E-state index in [9.17, 15) is 9.59 Å². The topological polar surface area (TPSA) is 165 Å². The standard InChI is InChI=1S/C6H10O4.C4H10O3.C2H6O2/c7-5(8)3-1-2-4-6(9)10;5-1-3-7-4-2-6;3-1-2-4/h1-4H2,(H,7,8)(H,9,10);5-6H,1-4H2;3-4H,1-2H2. The van der Waals surface area contributed by atoms with Crippen LogP contribution in [0, 0.1) is 0 Å². The maximum atomic E-state index is 9.90. The highest BCUT2D eigenvalue weighted by atomic mass is 16.5. The Morgan fingerprint density at radius 1 is 0.667 bits per heavy atom. The number of ether oxygens (including phenoxy) is 1. The van der Waals surface area contributed by atoms with E-state index >= 15 is 0 Å². The molecule has 0 fully saturated rings. The number of hydrogen-bond donors (Lipinski definition) is 6. The maximum absolute atomic E-state index is 9.90. The number of carbonyl (C=O) groups is 2. The SMILES string of the molecule is O=C(O)CCCCC(=O)O.OCCO.OCCOCCO. The van der Waals surface area contributed by atoms with Crippen LogP contribution in [0.3, 0.4) is 0 Å². The van der Waals surface area contributed by atoms with Gasteiger partial charge in [-0.1, -0.05) is 0 Å². The van der Waals surface area contributed by atoms with Gasteiger partial charge in [0.1, 0.15) is 0 Å². The third-order valence-corrected chi connectivity index (χ3v) is 1.60. The van der Waals surface area contributed by atoms with E-state index in [2.05, 4.69) is 4.74 Å². The summed E-state index contributed by atoms with van der Waals surface area (Å²) in [5.41, 5.74) is 0. The normalized spacial score (nSPS) is 8.95. The largest absolute Gasteiger partial charge is 0.481 e. The van der Waals surface area contributed by atoms with Crippen LogP contribution in [0.2, 0.25) is 0 Å². The molecule has 0 aromatic rings. The molecule has 0 rings (SSSR count). The molecule has 0 saturated carbocycles. The molecule has 0 saturated heterocycles. The smallest absolute Gasteiger partial charge is 0.303 e. The number of aliphatic hydroxyl groups is 4. The summed E-state index contributed by atoms with van der Waals surface area (Å²) in [7, 11) is 0. The van der Waals surface area contributed by atoms with Crippen LogP contribution >= 0.6 is 0 Å².